The van der Waals surface area contributed by atoms with E-state index in [1.165, 1.54) is 0 Å². The minimum Gasteiger partial charge on any atom is -0.379 e. The molecule has 3 rings (SSSR count). The molecule has 3 heterocycles. The van der Waals surface area contributed by atoms with Crippen LogP contribution in [0.15, 0.2) is 0 Å². The van der Waals surface area contributed by atoms with Crippen LogP contribution in [-0.2, 0) is 19.1 Å². The summed E-state index contributed by atoms with van der Waals surface area (Å²) in [4.78, 5) is 30.0. The van der Waals surface area contributed by atoms with E-state index in [-0.39, 0.29) is 30.4 Å². The normalized spacial score (nSPS) is 30.9. The van der Waals surface area contributed by atoms with E-state index >= 15 is 0 Å². The molecule has 3 fully saturated rings. The van der Waals surface area contributed by atoms with Gasteiger partial charge in [-0.25, -0.2) is 0 Å². The molecule has 7 nitrogen and oxygen atoms in total. The van der Waals surface area contributed by atoms with Crippen molar-refractivity contribution in [3.05, 3.63) is 0 Å². The SMILES string of the molecule is CN1C[C@H]2CN(C(=O)CN3CCOCC3)CC[C@@H]2OCC1=O. The Hall–Kier alpha value is -1.18. The third-order valence-corrected chi connectivity index (χ3v) is 4.83. The summed E-state index contributed by atoms with van der Waals surface area (Å²) in [6.07, 6.45) is 0.919. The maximum Gasteiger partial charge on any atom is 0.248 e. The lowest BCUT2D eigenvalue weighted by Crippen LogP contribution is -2.52. The van der Waals surface area contributed by atoms with Crippen LogP contribution in [-0.4, -0.2) is 98.8 Å². The van der Waals surface area contributed by atoms with Crippen molar-refractivity contribution < 1.29 is 19.1 Å². The second-order valence-corrected chi connectivity index (χ2v) is 6.40. The van der Waals surface area contributed by atoms with Crippen LogP contribution in [0, 0.1) is 5.92 Å². The summed E-state index contributed by atoms with van der Waals surface area (Å²) in [5.41, 5.74) is 0. The third-order valence-electron chi connectivity index (χ3n) is 4.83. The molecule has 3 saturated heterocycles. The Balaban J connectivity index is 1.55. The number of fused-ring (bicyclic) bond motifs is 1. The Morgan fingerprint density at radius 2 is 2.00 bits per heavy atom. The predicted octanol–water partition coefficient (Wildman–Crippen LogP) is -0.976. The number of nitrogens with zero attached hydrogens (tertiary/aromatic N) is 3. The molecule has 2 atom stereocenters. The molecular formula is C15H25N3O4. The summed E-state index contributed by atoms with van der Waals surface area (Å²) in [5.74, 6) is 0.429. The summed E-state index contributed by atoms with van der Waals surface area (Å²) >= 11 is 0. The number of rotatable bonds is 2. The fourth-order valence-electron chi connectivity index (χ4n) is 3.42. The first kappa shape index (κ1) is 15.7. The van der Waals surface area contributed by atoms with Crippen molar-refractivity contribution in [1.82, 2.24) is 14.7 Å². The second kappa shape index (κ2) is 6.93. The molecule has 0 radical (unpaired) electrons. The van der Waals surface area contributed by atoms with E-state index in [1.807, 2.05) is 11.9 Å². The van der Waals surface area contributed by atoms with Crippen molar-refractivity contribution in [2.45, 2.75) is 12.5 Å². The summed E-state index contributed by atoms with van der Waals surface area (Å²) in [7, 11) is 1.81. The fraction of sp³-hybridized carbons (Fsp3) is 0.867. The van der Waals surface area contributed by atoms with Crippen LogP contribution < -0.4 is 0 Å². The van der Waals surface area contributed by atoms with Crippen LogP contribution in [0.25, 0.3) is 0 Å². The molecule has 7 heteroatoms. The lowest BCUT2D eigenvalue weighted by Gasteiger charge is -2.38. The van der Waals surface area contributed by atoms with Gasteiger partial charge >= 0.3 is 0 Å². The highest BCUT2D eigenvalue weighted by molar-refractivity contribution is 5.79. The van der Waals surface area contributed by atoms with Crippen LogP contribution in [0.2, 0.25) is 0 Å². The van der Waals surface area contributed by atoms with Gasteiger partial charge in [-0.3, -0.25) is 14.5 Å². The van der Waals surface area contributed by atoms with Gasteiger partial charge in [0.15, 0.2) is 0 Å². The summed E-state index contributed by atoms with van der Waals surface area (Å²) in [6.45, 7) is 5.78. The number of amides is 2. The van der Waals surface area contributed by atoms with Gasteiger partial charge in [-0.1, -0.05) is 0 Å². The summed E-state index contributed by atoms with van der Waals surface area (Å²) in [6, 6.07) is 0. The van der Waals surface area contributed by atoms with Gasteiger partial charge in [0.05, 0.1) is 25.9 Å². The summed E-state index contributed by atoms with van der Waals surface area (Å²) in [5, 5.41) is 0. The first-order chi connectivity index (χ1) is 10.6. The Morgan fingerprint density at radius 1 is 1.23 bits per heavy atom. The maximum absolute atomic E-state index is 12.5. The number of ether oxygens (including phenoxy) is 2. The number of morpholine rings is 1. The first-order valence-corrected chi connectivity index (χ1v) is 8.07. The Bertz CT molecular complexity index is 425. The molecule has 0 aromatic rings. The van der Waals surface area contributed by atoms with E-state index < -0.39 is 0 Å². The Labute approximate surface area is 131 Å². The lowest BCUT2D eigenvalue weighted by molar-refractivity contribution is -0.139. The van der Waals surface area contributed by atoms with Crippen molar-refractivity contribution in [2.24, 2.45) is 5.92 Å². The first-order valence-electron chi connectivity index (χ1n) is 8.07. The molecule has 0 aliphatic carbocycles. The Morgan fingerprint density at radius 3 is 2.77 bits per heavy atom. The van der Waals surface area contributed by atoms with E-state index in [2.05, 4.69) is 4.90 Å². The minimum atomic E-state index is 0.0283. The molecule has 3 aliphatic heterocycles. The van der Waals surface area contributed by atoms with Crippen molar-refractivity contribution in [1.29, 1.82) is 0 Å². The number of hydrogen-bond donors (Lipinski definition) is 0. The monoisotopic (exact) mass is 311 g/mol. The van der Waals surface area contributed by atoms with Gasteiger partial charge in [0.1, 0.15) is 6.61 Å². The van der Waals surface area contributed by atoms with Gasteiger partial charge in [-0.2, -0.15) is 0 Å². The zero-order chi connectivity index (χ0) is 15.5. The van der Waals surface area contributed by atoms with Gasteiger partial charge in [-0.05, 0) is 6.42 Å². The average molecular weight is 311 g/mol. The molecular weight excluding hydrogens is 286 g/mol. The molecule has 22 heavy (non-hydrogen) atoms. The third kappa shape index (κ3) is 3.59. The van der Waals surface area contributed by atoms with Crippen molar-refractivity contribution in [3.63, 3.8) is 0 Å². The van der Waals surface area contributed by atoms with Crippen LogP contribution in [0.1, 0.15) is 6.42 Å². The molecule has 0 aromatic carbocycles. The molecule has 0 aromatic heterocycles. The van der Waals surface area contributed by atoms with Crippen LogP contribution >= 0.6 is 0 Å². The van der Waals surface area contributed by atoms with Crippen molar-refractivity contribution in [3.8, 4) is 0 Å². The highest BCUT2D eigenvalue weighted by Crippen LogP contribution is 2.23. The number of hydrogen-bond acceptors (Lipinski definition) is 5. The van der Waals surface area contributed by atoms with E-state index in [4.69, 9.17) is 9.47 Å². The van der Waals surface area contributed by atoms with E-state index in [9.17, 15) is 9.59 Å². The zero-order valence-electron chi connectivity index (χ0n) is 13.2. The molecule has 124 valence electrons. The maximum atomic E-state index is 12.5. The van der Waals surface area contributed by atoms with Gasteiger partial charge < -0.3 is 19.3 Å². The van der Waals surface area contributed by atoms with Gasteiger partial charge in [0.2, 0.25) is 11.8 Å². The van der Waals surface area contributed by atoms with E-state index in [0.29, 0.717) is 32.8 Å². The van der Waals surface area contributed by atoms with Crippen LogP contribution in [0.4, 0.5) is 0 Å². The molecule has 0 saturated carbocycles. The van der Waals surface area contributed by atoms with Gasteiger partial charge in [0.25, 0.3) is 0 Å². The predicted molar refractivity (Wildman–Crippen MR) is 79.3 cm³/mol. The van der Waals surface area contributed by atoms with Crippen molar-refractivity contribution in [2.75, 3.05) is 66.1 Å². The summed E-state index contributed by atoms with van der Waals surface area (Å²) < 4.78 is 11.0. The molecule has 0 N–H and O–H groups in total. The smallest absolute Gasteiger partial charge is 0.248 e. The van der Waals surface area contributed by atoms with Crippen molar-refractivity contribution >= 4 is 11.8 Å². The molecule has 0 unspecified atom stereocenters. The highest BCUT2D eigenvalue weighted by atomic mass is 16.5. The van der Waals surface area contributed by atoms with Gasteiger partial charge in [0, 0.05) is 45.7 Å². The number of piperidine rings is 1. The topological polar surface area (TPSA) is 62.3 Å². The molecule has 2 amide bonds. The standard InChI is InChI=1S/C15H25N3O4/c1-16-8-12-9-18(3-2-13(12)22-11-15(16)20)14(19)10-17-4-6-21-7-5-17/h12-13H,2-11H2,1H3/t12-,13-/m0/s1. The highest BCUT2D eigenvalue weighted by Gasteiger charge is 2.36. The number of likely N-dealkylation sites (tertiary alicyclic amines) is 1. The lowest BCUT2D eigenvalue weighted by atomic mass is 9.94. The van der Waals surface area contributed by atoms with Gasteiger partial charge in [-0.15, -0.1) is 0 Å². The van der Waals surface area contributed by atoms with E-state index in [1.54, 1.807) is 4.90 Å². The zero-order valence-corrected chi connectivity index (χ0v) is 13.2. The molecule has 0 bridgehead atoms. The van der Waals surface area contributed by atoms with Crippen LogP contribution in [0.3, 0.4) is 0 Å². The number of carbonyl (C=O) groups is 2. The molecule has 0 spiro atoms. The molecule has 3 aliphatic rings. The minimum absolute atomic E-state index is 0.0283. The average Bonchev–Trinajstić information content (AvgIpc) is 2.67. The fourth-order valence-corrected chi connectivity index (χ4v) is 3.42. The second-order valence-electron chi connectivity index (χ2n) is 6.40. The number of likely N-dealkylation sites (N-methyl/N-ethyl adjacent to an activating group) is 1. The quantitative estimate of drug-likeness (QED) is 0.656. The van der Waals surface area contributed by atoms with E-state index in [0.717, 1.165) is 26.1 Å². The Kier molecular flexibility index (Phi) is 4.95. The van der Waals surface area contributed by atoms with Crippen LogP contribution in [0.5, 0.6) is 0 Å². The number of carbonyl (C=O) groups excluding carboxylic acids is 2. The largest absolute Gasteiger partial charge is 0.379 e.